The Labute approximate surface area is 202 Å². The Morgan fingerprint density at radius 3 is 2.21 bits per heavy atom. The molecule has 0 bridgehead atoms. The van der Waals surface area contributed by atoms with Gasteiger partial charge in [0.15, 0.2) is 5.60 Å². The first-order valence-corrected chi connectivity index (χ1v) is 11.6. The number of aliphatic carboxylic acids is 1. The van der Waals surface area contributed by atoms with Crippen LogP contribution in [0.3, 0.4) is 0 Å². The Hall–Kier alpha value is -3.09. The monoisotopic (exact) mass is 472 g/mol. The van der Waals surface area contributed by atoms with E-state index in [4.69, 9.17) is 4.74 Å². The van der Waals surface area contributed by atoms with Gasteiger partial charge in [-0.15, -0.1) is 0 Å². The number of amides is 1. The topological polar surface area (TPSA) is 78.9 Å². The molecular formula is C27H37FN2O4. The molecule has 2 aromatic rings. The number of carbonyl (C=O) groups is 2. The Kier molecular flexibility index (Phi) is 9.07. The first kappa shape index (κ1) is 27.2. The lowest BCUT2D eigenvalue weighted by molar-refractivity contribution is -0.152. The van der Waals surface area contributed by atoms with Gasteiger partial charge in [0.1, 0.15) is 11.6 Å². The van der Waals surface area contributed by atoms with Crippen molar-refractivity contribution < 1.29 is 23.8 Å². The molecule has 0 atom stereocenters. The number of benzene rings is 2. The number of hydrogen-bond donors (Lipinski definition) is 2. The third-order valence-electron chi connectivity index (χ3n) is 5.20. The predicted octanol–water partition coefficient (Wildman–Crippen LogP) is 5.68. The molecule has 2 rings (SSSR count). The largest absolute Gasteiger partial charge is 0.478 e. The zero-order valence-corrected chi connectivity index (χ0v) is 21.2. The summed E-state index contributed by atoms with van der Waals surface area (Å²) in [6.45, 7) is 14.8. The van der Waals surface area contributed by atoms with Gasteiger partial charge in [-0.1, -0.05) is 39.8 Å². The number of ether oxygens (including phenoxy) is 1. The summed E-state index contributed by atoms with van der Waals surface area (Å²) in [4.78, 5) is 26.6. The lowest BCUT2D eigenvalue weighted by atomic mass is 10.1. The number of nitrogens with one attached hydrogen (secondary N) is 1. The van der Waals surface area contributed by atoms with E-state index in [0.29, 0.717) is 28.8 Å². The summed E-state index contributed by atoms with van der Waals surface area (Å²) in [5.74, 6) is -0.804. The maximum atomic E-state index is 14.3. The molecule has 0 aliphatic rings. The number of carbonyl (C=O) groups excluding carboxylic acids is 1. The highest BCUT2D eigenvalue weighted by atomic mass is 19.1. The Morgan fingerprint density at radius 1 is 1.06 bits per heavy atom. The number of halogens is 1. The molecule has 2 aromatic carbocycles. The van der Waals surface area contributed by atoms with Gasteiger partial charge < -0.3 is 20.1 Å². The van der Waals surface area contributed by atoms with Gasteiger partial charge in [0.05, 0.1) is 17.8 Å². The number of nitrogens with zero attached hydrogens (tertiary/aromatic N) is 1. The molecule has 1 amide bonds. The molecule has 6 nitrogen and oxygen atoms in total. The van der Waals surface area contributed by atoms with Crippen LogP contribution in [-0.4, -0.2) is 35.7 Å². The van der Waals surface area contributed by atoms with Crippen molar-refractivity contribution in [1.82, 2.24) is 0 Å². The molecule has 0 saturated carbocycles. The number of hydrogen-bond acceptors (Lipinski definition) is 4. The second kappa shape index (κ2) is 11.4. The number of rotatable bonds is 11. The van der Waals surface area contributed by atoms with Crippen LogP contribution < -0.4 is 15.0 Å². The van der Waals surface area contributed by atoms with E-state index in [9.17, 15) is 19.1 Å². The summed E-state index contributed by atoms with van der Waals surface area (Å²) in [5.41, 5.74) is 0.958. The van der Waals surface area contributed by atoms with Crippen LogP contribution in [0.15, 0.2) is 36.4 Å². The SMILES string of the molecule is Cc1ccc(CC(=O)Nc2cc(OC(C)(C)C(=O)O)ccc2N(CC(C)C)CC(C)C)c(F)c1. The number of carboxylic acids is 1. The smallest absolute Gasteiger partial charge is 0.347 e. The molecule has 186 valence electrons. The Balaban J connectivity index is 2.42. The first-order chi connectivity index (χ1) is 15.8. The molecule has 0 unspecified atom stereocenters. The summed E-state index contributed by atoms with van der Waals surface area (Å²) in [7, 11) is 0. The second-order valence-corrected chi connectivity index (χ2v) is 10.1. The molecule has 0 saturated heterocycles. The average Bonchev–Trinajstić information content (AvgIpc) is 2.68. The zero-order valence-electron chi connectivity index (χ0n) is 21.2. The van der Waals surface area contributed by atoms with Gasteiger partial charge >= 0.3 is 5.97 Å². The molecule has 2 N–H and O–H groups in total. The fourth-order valence-corrected chi connectivity index (χ4v) is 3.61. The van der Waals surface area contributed by atoms with Crippen molar-refractivity contribution in [3.05, 3.63) is 53.3 Å². The third-order valence-corrected chi connectivity index (χ3v) is 5.20. The molecule has 0 aliphatic carbocycles. The van der Waals surface area contributed by atoms with Gasteiger partial charge in [-0.3, -0.25) is 4.79 Å². The number of carboxylic acid groups (broad SMARTS) is 1. The van der Waals surface area contributed by atoms with Crippen LogP contribution in [0.1, 0.15) is 52.7 Å². The van der Waals surface area contributed by atoms with Crippen LogP contribution in [-0.2, 0) is 16.0 Å². The third kappa shape index (κ3) is 7.75. The summed E-state index contributed by atoms with van der Waals surface area (Å²) in [5, 5.41) is 12.3. The standard InChI is InChI=1S/C27H37FN2O4/c1-17(2)15-30(16-18(3)4)24-11-10-21(34-27(6,7)26(32)33)14-23(24)29-25(31)13-20-9-8-19(5)12-22(20)28/h8-12,14,17-18H,13,15-16H2,1-7H3,(H,29,31)(H,32,33). The predicted molar refractivity (Wildman–Crippen MR) is 134 cm³/mol. The fourth-order valence-electron chi connectivity index (χ4n) is 3.61. The number of anilines is 2. The molecular weight excluding hydrogens is 435 g/mol. The first-order valence-electron chi connectivity index (χ1n) is 11.6. The maximum Gasteiger partial charge on any atom is 0.347 e. The average molecular weight is 473 g/mol. The lowest BCUT2D eigenvalue weighted by Gasteiger charge is -2.31. The van der Waals surface area contributed by atoms with Gasteiger partial charge in [0.25, 0.3) is 0 Å². The van der Waals surface area contributed by atoms with Crippen molar-refractivity contribution in [2.75, 3.05) is 23.3 Å². The van der Waals surface area contributed by atoms with Crippen LogP contribution in [0, 0.1) is 24.6 Å². The minimum Gasteiger partial charge on any atom is -0.478 e. The van der Waals surface area contributed by atoms with Gasteiger partial charge in [-0.2, -0.15) is 0 Å². The molecule has 7 heteroatoms. The quantitative estimate of drug-likeness (QED) is 0.440. The van der Waals surface area contributed by atoms with Gasteiger partial charge in [-0.25, -0.2) is 9.18 Å². The molecule has 0 aliphatic heterocycles. The van der Waals surface area contributed by atoms with E-state index >= 15 is 0 Å². The van der Waals surface area contributed by atoms with E-state index in [-0.39, 0.29) is 12.3 Å². The maximum absolute atomic E-state index is 14.3. The summed E-state index contributed by atoms with van der Waals surface area (Å²) < 4.78 is 20.0. The van der Waals surface area contributed by atoms with E-state index in [1.54, 1.807) is 31.2 Å². The zero-order chi connectivity index (χ0) is 25.6. The highest BCUT2D eigenvalue weighted by Gasteiger charge is 2.30. The van der Waals surface area contributed by atoms with Crippen molar-refractivity contribution in [1.29, 1.82) is 0 Å². The molecule has 34 heavy (non-hydrogen) atoms. The van der Waals surface area contributed by atoms with E-state index in [1.807, 2.05) is 6.07 Å². The molecule has 0 fully saturated rings. The van der Waals surface area contributed by atoms with E-state index in [0.717, 1.165) is 24.3 Å². The van der Waals surface area contributed by atoms with Crippen LogP contribution in [0.5, 0.6) is 5.75 Å². The highest BCUT2D eigenvalue weighted by Crippen LogP contribution is 2.33. The van der Waals surface area contributed by atoms with Gasteiger partial charge in [-0.05, 0) is 61.9 Å². The number of aryl methyl sites for hydroxylation is 1. The summed E-state index contributed by atoms with van der Waals surface area (Å²) in [6, 6.07) is 9.97. The minimum atomic E-state index is -1.44. The van der Waals surface area contributed by atoms with E-state index in [2.05, 4.69) is 37.9 Å². The molecule has 0 aromatic heterocycles. The van der Waals surface area contributed by atoms with Crippen molar-refractivity contribution in [2.45, 2.75) is 60.5 Å². The van der Waals surface area contributed by atoms with Gasteiger partial charge in [0.2, 0.25) is 5.91 Å². The lowest BCUT2D eigenvalue weighted by Crippen LogP contribution is -2.38. The second-order valence-electron chi connectivity index (χ2n) is 10.1. The van der Waals surface area contributed by atoms with Crippen LogP contribution in [0.25, 0.3) is 0 Å². The van der Waals surface area contributed by atoms with Crippen molar-refractivity contribution in [3.63, 3.8) is 0 Å². The molecule has 0 heterocycles. The minimum absolute atomic E-state index is 0.119. The van der Waals surface area contributed by atoms with Crippen LogP contribution >= 0.6 is 0 Å². The summed E-state index contributed by atoms with van der Waals surface area (Å²) in [6.07, 6.45) is -0.119. The normalized spacial score (nSPS) is 11.6. The van der Waals surface area contributed by atoms with Crippen molar-refractivity contribution in [3.8, 4) is 5.75 Å². The highest BCUT2D eigenvalue weighted by molar-refractivity contribution is 5.96. The molecule has 0 spiro atoms. The van der Waals surface area contributed by atoms with E-state index in [1.165, 1.54) is 19.9 Å². The van der Waals surface area contributed by atoms with Crippen molar-refractivity contribution >= 4 is 23.3 Å². The Morgan fingerprint density at radius 2 is 1.68 bits per heavy atom. The molecule has 0 radical (unpaired) electrons. The van der Waals surface area contributed by atoms with Crippen LogP contribution in [0.2, 0.25) is 0 Å². The van der Waals surface area contributed by atoms with Gasteiger partial charge in [0, 0.05) is 19.2 Å². The van der Waals surface area contributed by atoms with Crippen molar-refractivity contribution in [2.24, 2.45) is 11.8 Å². The summed E-state index contributed by atoms with van der Waals surface area (Å²) >= 11 is 0. The Bertz CT molecular complexity index is 1010. The van der Waals surface area contributed by atoms with Crippen LogP contribution in [0.4, 0.5) is 15.8 Å². The van der Waals surface area contributed by atoms with E-state index < -0.39 is 17.4 Å². The fraction of sp³-hybridized carbons (Fsp3) is 0.481.